The summed E-state index contributed by atoms with van der Waals surface area (Å²) < 4.78 is 0. The molecular weight excluding hydrogens is 142 g/mol. The van der Waals surface area contributed by atoms with E-state index in [1.54, 1.807) is 0 Å². The zero-order valence-corrected chi connectivity index (χ0v) is 5.97. The summed E-state index contributed by atoms with van der Waals surface area (Å²) in [6, 6.07) is 9.43. The van der Waals surface area contributed by atoms with Crippen molar-refractivity contribution in [2.75, 3.05) is 0 Å². The van der Waals surface area contributed by atoms with Gasteiger partial charge in [0.1, 0.15) is 0 Å². The van der Waals surface area contributed by atoms with Crippen LogP contribution in [-0.4, -0.2) is 5.12 Å². The van der Waals surface area contributed by atoms with E-state index in [0.29, 0.717) is 6.54 Å². The summed E-state index contributed by atoms with van der Waals surface area (Å²) >= 11 is 0. The lowest BCUT2D eigenvalue weighted by molar-refractivity contribution is 0.286. The van der Waals surface area contributed by atoms with E-state index in [9.17, 15) is 4.91 Å². The maximum Gasteiger partial charge on any atom is 0.0813 e. The smallest absolute Gasteiger partial charge is 0.0813 e. The molecule has 1 rings (SSSR count). The van der Waals surface area contributed by atoms with E-state index in [0.717, 1.165) is 10.7 Å². The number of hydrogen-bond acceptors (Lipinski definition) is 3. The number of rotatable bonds is 3. The molecule has 4 nitrogen and oxygen atoms in total. The molecule has 1 aromatic carbocycles. The summed E-state index contributed by atoms with van der Waals surface area (Å²) in [6.07, 6.45) is 0. The van der Waals surface area contributed by atoms with Gasteiger partial charge in [-0.3, -0.25) is 0 Å². The van der Waals surface area contributed by atoms with Crippen LogP contribution in [0.3, 0.4) is 0 Å². The molecule has 0 aromatic heterocycles. The lowest BCUT2D eigenvalue weighted by atomic mass is 10.2. The molecule has 0 aliphatic carbocycles. The average Bonchev–Trinajstić information content (AvgIpc) is 2.06. The minimum absolute atomic E-state index is 0.352. The molecule has 1 aromatic rings. The zero-order valence-electron chi connectivity index (χ0n) is 5.97. The minimum atomic E-state index is 0.352. The molecule has 0 aliphatic heterocycles. The van der Waals surface area contributed by atoms with Crippen molar-refractivity contribution in [3.05, 3.63) is 40.8 Å². The van der Waals surface area contributed by atoms with E-state index in [-0.39, 0.29) is 0 Å². The number of hydrazine groups is 1. The standard InChI is InChI=1S/C7H9N3O/c8-10(9-11)6-7-4-2-1-3-5-7/h1-5H,6,8H2. The van der Waals surface area contributed by atoms with E-state index >= 15 is 0 Å². The second kappa shape index (κ2) is 3.68. The highest BCUT2D eigenvalue weighted by molar-refractivity contribution is 5.13. The molecule has 0 aliphatic rings. The van der Waals surface area contributed by atoms with Crippen LogP contribution in [0.1, 0.15) is 5.56 Å². The Morgan fingerprint density at radius 1 is 1.36 bits per heavy atom. The van der Waals surface area contributed by atoms with Crippen LogP contribution in [0.5, 0.6) is 0 Å². The van der Waals surface area contributed by atoms with Crippen molar-refractivity contribution < 1.29 is 0 Å². The second-order valence-corrected chi connectivity index (χ2v) is 2.16. The number of nitrogens with two attached hydrogens (primary N) is 1. The lowest BCUT2D eigenvalue weighted by Crippen LogP contribution is -2.23. The van der Waals surface area contributed by atoms with Crippen LogP contribution < -0.4 is 5.84 Å². The normalized spacial score (nSPS) is 9.18. The van der Waals surface area contributed by atoms with Crippen LogP contribution in [-0.2, 0) is 6.54 Å². The highest BCUT2D eigenvalue weighted by Crippen LogP contribution is 2.00. The average molecular weight is 151 g/mol. The Morgan fingerprint density at radius 2 is 2.00 bits per heavy atom. The van der Waals surface area contributed by atoms with Gasteiger partial charge in [0.15, 0.2) is 0 Å². The molecule has 0 bridgehead atoms. The highest BCUT2D eigenvalue weighted by atomic mass is 16.3. The Morgan fingerprint density at radius 3 is 2.55 bits per heavy atom. The van der Waals surface area contributed by atoms with Crippen molar-refractivity contribution in [3.8, 4) is 0 Å². The highest BCUT2D eigenvalue weighted by Gasteiger charge is 1.95. The largest absolute Gasteiger partial charge is 0.228 e. The fourth-order valence-electron chi connectivity index (χ4n) is 0.799. The van der Waals surface area contributed by atoms with Crippen LogP contribution in [0.4, 0.5) is 0 Å². The summed E-state index contributed by atoms with van der Waals surface area (Å²) in [5.41, 5.74) is 0.967. The molecule has 0 spiro atoms. The zero-order chi connectivity index (χ0) is 8.10. The van der Waals surface area contributed by atoms with Crippen molar-refractivity contribution in [3.63, 3.8) is 0 Å². The number of nitroso groups, excluding NO2 is 1. The van der Waals surface area contributed by atoms with Gasteiger partial charge in [-0.2, -0.15) is 5.12 Å². The van der Waals surface area contributed by atoms with E-state index in [2.05, 4.69) is 5.29 Å². The van der Waals surface area contributed by atoms with Gasteiger partial charge in [-0.15, -0.1) is 4.91 Å². The van der Waals surface area contributed by atoms with Gasteiger partial charge in [-0.1, -0.05) is 30.3 Å². The van der Waals surface area contributed by atoms with Crippen molar-refractivity contribution in [1.29, 1.82) is 0 Å². The Bertz CT molecular complexity index is 224. The van der Waals surface area contributed by atoms with Crippen molar-refractivity contribution in [1.82, 2.24) is 5.12 Å². The third-order valence-electron chi connectivity index (χ3n) is 1.29. The summed E-state index contributed by atoms with van der Waals surface area (Å²) in [5, 5.41) is 3.40. The number of hydrogen-bond donors (Lipinski definition) is 1. The Kier molecular flexibility index (Phi) is 2.57. The molecular formula is C7H9N3O. The van der Waals surface area contributed by atoms with Crippen molar-refractivity contribution in [2.45, 2.75) is 6.54 Å². The molecule has 0 saturated carbocycles. The number of nitrogens with zero attached hydrogens (tertiary/aromatic N) is 2. The molecule has 58 valence electrons. The molecule has 0 amide bonds. The van der Waals surface area contributed by atoms with Gasteiger partial charge >= 0.3 is 0 Å². The Balaban J connectivity index is 2.57. The summed E-state index contributed by atoms with van der Waals surface area (Å²) in [5.74, 6) is 5.16. The first-order chi connectivity index (χ1) is 5.33. The molecule has 0 radical (unpaired) electrons. The van der Waals surface area contributed by atoms with Gasteiger partial charge in [-0.05, 0) is 5.56 Å². The summed E-state index contributed by atoms with van der Waals surface area (Å²) in [4.78, 5) is 9.86. The quantitative estimate of drug-likeness (QED) is 0.399. The third-order valence-corrected chi connectivity index (χ3v) is 1.29. The van der Waals surface area contributed by atoms with Gasteiger partial charge in [0.2, 0.25) is 0 Å². The SMILES string of the molecule is NN(Cc1ccccc1)N=O. The van der Waals surface area contributed by atoms with E-state index in [1.165, 1.54) is 0 Å². The van der Waals surface area contributed by atoms with Crippen LogP contribution in [0.2, 0.25) is 0 Å². The van der Waals surface area contributed by atoms with Crippen molar-refractivity contribution >= 4 is 0 Å². The van der Waals surface area contributed by atoms with Gasteiger partial charge in [0, 0.05) is 0 Å². The minimum Gasteiger partial charge on any atom is -0.228 e. The molecule has 2 N–H and O–H groups in total. The molecule has 4 heteroatoms. The second-order valence-electron chi connectivity index (χ2n) is 2.16. The van der Waals surface area contributed by atoms with Crippen LogP contribution >= 0.6 is 0 Å². The molecule has 0 fully saturated rings. The first kappa shape index (κ1) is 7.68. The molecule has 0 saturated heterocycles. The Hall–Kier alpha value is -1.42. The number of benzene rings is 1. The van der Waals surface area contributed by atoms with Crippen LogP contribution in [0, 0.1) is 4.91 Å². The van der Waals surface area contributed by atoms with Crippen molar-refractivity contribution in [2.24, 2.45) is 11.1 Å². The van der Waals surface area contributed by atoms with Gasteiger partial charge in [0.25, 0.3) is 0 Å². The molecule has 0 heterocycles. The van der Waals surface area contributed by atoms with E-state index in [1.807, 2.05) is 30.3 Å². The maximum atomic E-state index is 9.86. The first-order valence-corrected chi connectivity index (χ1v) is 3.22. The van der Waals surface area contributed by atoms with E-state index in [4.69, 9.17) is 5.84 Å². The van der Waals surface area contributed by atoms with Gasteiger partial charge < -0.3 is 0 Å². The predicted octanol–water partition coefficient (Wildman–Crippen LogP) is 1.04. The topological polar surface area (TPSA) is 58.7 Å². The third kappa shape index (κ3) is 2.35. The predicted molar refractivity (Wildman–Crippen MR) is 42.0 cm³/mol. The monoisotopic (exact) mass is 151 g/mol. The molecule has 11 heavy (non-hydrogen) atoms. The summed E-state index contributed by atoms with van der Waals surface area (Å²) in [6.45, 7) is 0.352. The van der Waals surface area contributed by atoms with Crippen LogP contribution in [0.25, 0.3) is 0 Å². The molecule has 0 unspecified atom stereocenters. The van der Waals surface area contributed by atoms with Crippen LogP contribution in [0.15, 0.2) is 35.6 Å². The van der Waals surface area contributed by atoms with Gasteiger partial charge in [0.05, 0.1) is 11.8 Å². The van der Waals surface area contributed by atoms with E-state index < -0.39 is 0 Å². The van der Waals surface area contributed by atoms with Gasteiger partial charge in [-0.25, -0.2) is 5.84 Å². The maximum absolute atomic E-state index is 9.86. The molecule has 0 atom stereocenters. The summed E-state index contributed by atoms with van der Waals surface area (Å²) in [7, 11) is 0. The lowest BCUT2D eigenvalue weighted by Gasteiger charge is -2.06. The fourth-order valence-corrected chi connectivity index (χ4v) is 0.799. The first-order valence-electron chi connectivity index (χ1n) is 3.22. The Labute approximate surface area is 64.5 Å². The fraction of sp³-hybridized carbons (Fsp3) is 0.143.